The van der Waals surface area contributed by atoms with E-state index in [1.165, 1.54) is 11.3 Å². The van der Waals surface area contributed by atoms with Crippen LogP contribution in [0.2, 0.25) is 10.0 Å². The topological polar surface area (TPSA) is 54.0 Å². The molecule has 0 radical (unpaired) electrons. The van der Waals surface area contributed by atoms with Crippen LogP contribution in [0.25, 0.3) is 10.6 Å². The maximum atomic E-state index is 12.4. The van der Waals surface area contributed by atoms with Crippen LogP contribution in [0.3, 0.4) is 0 Å². The van der Waals surface area contributed by atoms with Crippen LogP contribution in [0, 0.1) is 0 Å². The fourth-order valence-electron chi connectivity index (χ4n) is 2.69. The van der Waals surface area contributed by atoms with Crippen molar-refractivity contribution in [1.29, 1.82) is 0 Å². The zero-order chi connectivity index (χ0) is 16.4. The van der Waals surface area contributed by atoms with E-state index >= 15 is 0 Å². The maximum Gasteiger partial charge on any atom is 0.270 e. The number of hydrogen-bond acceptors (Lipinski definition) is 4. The third-order valence-corrected chi connectivity index (χ3v) is 5.28. The van der Waals surface area contributed by atoms with Gasteiger partial charge in [0.05, 0.1) is 5.02 Å². The van der Waals surface area contributed by atoms with E-state index in [0.717, 1.165) is 30.0 Å². The average molecular weight is 370 g/mol. The summed E-state index contributed by atoms with van der Waals surface area (Å²) >= 11 is 13.5. The first-order valence-electron chi connectivity index (χ1n) is 7.48. The zero-order valence-corrected chi connectivity index (χ0v) is 14.9. The maximum absolute atomic E-state index is 12.4. The highest BCUT2D eigenvalue weighted by Crippen LogP contribution is 2.32. The van der Waals surface area contributed by atoms with E-state index in [9.17, 15) is 4.79 Å². The van der Waals surface area contributed by atoms with Crippen molar-refractivity contribution in [2.24, 2.45) is 0 Å². The standard InChI is InChI=1S/C16H17Cl2N3OS/c1-9-6-11(4-5-19-9)20-15(22)14-8-23-16(21-14)12-3-2-10(17)7-13(12)18/h2-3,7-9,11,19H,4-6H2,1H3,(H,20,22). The monoisotopic (exact) mass is 369 g/mol. The Bertz CT molecular complexity index is 719. The second-order valence-corrected chi connectivity index (χ2v) is 7.41. The summed E-state index contributed by atoms with van der Waals surface area (Å²) in [5, 5.41) is 10.0. The van der Waals surface area contributed by atoms with Crippen molar-refractivity contribution in [3.8, 4) is 10.6 Å². The number of amides is 1. The minimum atomic E-state index is -0.128. The SMILES string of the molecule is CC1CC(NC(=O)c2csc(-c3ccc(Cl)cc3Cl)n2)CCN1. The Labute approximate surface area is 149 Å². The number of carbonyl (C=O) groups excluding carboxylic acids is 1. The Morgan fingerprint density at radius 1 is 1.43 bits per heavy atom. The lowest BCUT2D eigenvalue weighted by Crippen LogP contribution is -2.46. The van der Waals surface area contributed by atoms with Gasteiger partial charge in [0.25, 0.3) is 5.91 Å². The van der Waals surface area contributed by atoms with Crippen LogP contribution in [-0.2, 0) is 0 Å². The second kappa shape index (κ2) is 7.18. The van der Waals surface area contributed by atoms with E-state index in [2.05, 4.69) is 22.5 Å². The minimum Gasteiger partial charge on any atom is -0.348 e. The molecule has 1 aromatic carbocycles. The molecule has 23 heavy (non-hydrogen) atoms. The smallest absolute Gasteiger partial charge is 0.270 e. The van der Waals surface area contributed by atoms with Crippen molar-refractivity contribution in [1.82, 2.24) is 15.6 Å². The molecule has 1 aliphatic rings. The molecule has 2 heterocycles. The third-order valence-electron chi connectivity index (χ3n) is 3.86. The van der Waals surface area contributed by atoms with Gasteiger partial charge in [0, 0.05) is 28.0 Å². The normalized spacial score (nSPS) is 21.2. The molecular formula is C16H17Cl2N3OS. The van der Waals surface area contributed by atoms with Crippen molar-refractivity contribution < 1.29 is 4.79 Å². The van der Waals surface area contributed by atoms with Crippen molar-refractivity contribution >= 4 is 40.4 Å². The quantitative estimate of drug-likeness (QED) is 0.859. The van der Waals surface area contributed by atoms with Gasteiger partial charge in [0.2, 0.25) is 0 Å². The summed E-state index contributed by atoms with van der Waals surface area (Å²) in [6.45, 7) is 3.05. The molecule has 1 amide bonds. The molecule has 7 heteroatoms. The lowest BCUT2D eigenvalue weighted by Gasteiger charge is -2.28. The molecule has 0 bridgehead atoms. The van der Waals surface area contributed by atoms with Gasteiger partial charge in [-0.3, -0.25) is 4.79 Å². The fraction of sp³-hybridized carbons (Fsp3) is 0.375. The molecule has 1 saturated heterocycles. The Kier molecular flexibility index (Phi) is 5.21. The average Bonchev–Trinajstić information content (AvgIpc) is 2.97. The molecule has 2 unspecified atom stereocenters. The number of nitrogens with zero attached hydrogens (tertiary/aromatic N) is 1. The molecule has 122 valence electrons. The first-order chi connectivity index (χ1) is 11.0. The van der Waals surface area contributed by atoms with Crippen LogP contribution in [-0.4, -0.2) is 29.5 Å². The van der Waals surface area contributed by atoms with E-state index in [-0.39, 0.29) is 11.9 Å². The second-order valence-electron chi connectivity index (χ2n) is 5.71. The molecule has 2 atom stereocenters. The molecule has 2 aromatic rings. The van der Waals surface area contributed by atoms with Crippen LogP contribution >= 0.6 is 34.5 Å². The Hall–Kier alpha value is -1.14. The zero-order valence-electron chi connectivity index (χ0n) is 12.6. The predicted molar refractivity (Wildman–Crippen MR) is 95.5 cm³/mol. The molecule has 2 N–H and O–H groups in total. The van der Waals surface area contributed by atoms with Gasteiger partial charge in [-0.15, -0.1) is 11.3 Å². The number of carbonyl (C=O) groups is 1. The summed E-state index contributed by atoms with van der Waals surface area (Å²) in [4.78, 5) is 16.8. The molecule has 3 rings (SSSR count). The number of benzene rings is 1. The molecule has 1 aliphatic heterocycles. The lowest BCUT2D eigenvalue weighted by molar-refractivity contribution is 0.0921. The third kappa shape index (κ3) is 4.04. The Morgan fingerprint density at radius 3 is 3.00 bits per heavy atom. The number of hydrogen-bond donors (Lipinski definition) is 2. The number of aromatic nitrogens is 1. The van der Waals surface area contributed by atoms with Gasteiger partial charge in [-0.2, -0.15) is 0 Å². The highest BCUT2D eigenvalue weighted by atomic mass is 35.5. The van der Waals surface area contributed by atoms with E-state index in [1.54, 1.807) is 17.5 Å². The van der Waals surface area contributed by atoms with Gasteiger partial charge in [-0.1, -0.05) is 23.2 Å². The summed E-state index contributed by atoms with van der Waals surface area (Å²) < 4.78 is 0. The summed E-state index contributed by atoms with van der Waals surface area (Å²) in [6.07, 6.45) is 1.88. The molecule has 1 aromatic heterocycles. The molecule has 0 aliphatic carbocycles. The summed E-state index contributed by atoms with van der Waals surface area (Å²) in [5.74, 6) is -0.128. The largest absolute Gasteiger partial charge is 0.348 e. The van der Waals surface area contributed by atoms with E-state index in [0.29, 0.717) is 21.8 Å². The van der Waals surface area contributed by atoms with Crippen LogP contribution in [0.1, 0.15) is 30.3 Å². The number of nitrogens with one attached hydrogen (secondary N) is 2. The van der Waals surface area contributed by atoms with Crippen molar-refractivity contribution in [2.45, 2.75) is 31.8 Å². The Morgan fingerprint density at radius 2 is 2.26 bits per heavy atom. The lowest BCUT2D eigenvalue weighted by atomic mass is 10.0. The number of piperidine rings is 1. The van der Waals surface area contributed by atoms with Crippen molar-refractivity contribution in [3.63, 3.8) is 0 Å². The van der Waals surface area contributed by atoms with Gasteiger partial charge in [0.15, 0.2) is 0 Å². The van der Waals surface area contributed by atoms with E-state index in [4.69, 9.17) is 23.2 Å². The molecular weight excluding hydrogens is 353 g/mol. The van der Waals surface area contributed by atoms with Crippen LogP contribution in [0.4, 0.5) is 0 Å². The molecule has 0 spiro atoms. The molecule has 1 fully saturated rings. The van der Waals surface area contributed by atoms with E-state index in [1.807, 2.05) is 6.07 Å². The molecule has 0 saturated carbocycles. The summed E-state index contributed by atoms with van der Waals surface area (Å²) in [5.41, 5.74) is 1.22. The van der Waals surface area contributed by atoms with E-state index < -0.39 is 0 Å². The van der Waals surface area contributed by atoms with Gasteiger partial charge in [-0.25, -0.2) is 4.98 Å². The van der Waals surface area contributed by atoms with Gasteiger partial charge >= 0.3 is 0 Å². The fourth-order valence-corrected chi connectivity index (χ4v) is 4.08. The Balaban J connectivity index is 1.72. The number of thiazole rings is 1. The van der Waals surface area contributed by atoms with Crippen molar-refractivity contribution in [3.05, 3.63) is 39.3 Å². The van der Waals surface area contributed by atoms with Gasteiger partial charge < -0.3 is 10.6 Å². The van der Waals surface area contributed by atoms with Gasteiger partial charge in [-0.05, 0) is 44.5 Å². The first kappa shape index (κ1) is 16.7. The predicted octanol–water partition coefficient (Wildman–Crippen LogP) is 3.99. The first-order valence-corrected chi connectivity index (χ1v) is 9.11. The van der Waals surface area contributed by atoms with Gasteiger partial charge in [0.1, 0.15) is 10.7 Å². The van der Waals surface area contributed by atoms with Crippen LogP contribution in [0.5, 0.6) is 0 Å². The summed E-state index contributed by atoms with van der Waals surface area (Å²) in [7, 11) is 0. The number of halogens is 2. The number of rotatable bonds is 3. The molecule has 4 nitrogen and oxygen atoms in total. The highest BCUT2D eigenvalue weighted by Gasteiger charge is 2.22. The van der Waals surface area contributed by atoms with Crippen LogP contribution < -0.4 is 10.6 Å². The van der Waals surface area contributed by atoms with Crippen molar-refractivity contribution in [2.75, 3.05) is 6.54 Å². The highest BCUT2D eigenvalue weighted by molar-refractivity contribution is 7.13. The minimum absolute atomic E-state index is 0.128. The summed E-state index contributed by atoms with van der Waals surface area (Å²) in [6, 6.07) is 5.88. The van der Waals surface area contributed by atoms with Crippen LogP contribution in [0.15, 0.2) is 23.6 Å².